The van der Waals surface area contributed by atoms with Crippen LogP contribution in [0.15, 0.2) is 114 Å². The maximum absolute atomic E-state index is 15.1. The van der Waals surface area contributed by atoms with Crippen molar-refractivity contribution in [2.45, 2.75) is 55.6 Å². The predicted octanol–water partition coefficient (Wildman–Crippen LogP) is 5.63. The molecule has 2 amide bonds. The molecule has 1 aliphatic rings. The van der Waals surface area contributed by atoms with Crippen molar-refractivity contribution in [2.24, 2.45) is 0 Å². The molecule has 0 saturated heterocycles. The van der Waals surface area contributed by atoms with E-state index in [0.717, 1.165) is 47.7 Å². The highest BCUT2D eigenvalue weighted by Gasteiger charge is 2.36. The molecular formula is C35H35FN4O6S. The largest absolute Gasteiger partial charge is 0.352 e. The summed E-state index contributed by atoms with van der Waals surface area (Å²) in [6.07, 6.45) is 3.63. The summed E-state index contributed by atoms with van der Waals surface area (Å²) in [6, 6.07) is 26.1. The lowest BCUT2D eigenvalue weighted by molar-refractivity contribution is -0.384. The van der Waals surface area contributed by atoms with Crippen LogP contribution in [0.2, 0.25) is 0 Å². The zero-order chi connectivity index (χ0) is 33.4. The van der Waals surface area contributed by atoms with Crippen LogP contribution >= 0.6 is 0 Å². The van der Waals surface area contributed by atoms with Gasteiger partial charge in [0, 0.05) is 36.7 Å². The van der Waals surface area contributed by atoms with Crippen LogP contribution in [-0.2, 0) is 32.6 Å². The van der Waals surface area contributed by atoms with Crippen LogP contribution in [0, 0.1) is 15.9 Å². The first kappa shape index (κ1) is 33.3. The number of carbonyl (C=O) groups is 2. The molecule has 0 unspecified atom stereocenters. The molecule has 0 radical (unpaired) electrons. The van der Waals surface area contributed by atoms with Gasteiger partial charge in [-0.05, 0) is 48.7 Å². The van der Waals surface area contributed by atoms with Gasteiger partial charge in [0.05, 0.1) is 15.5 Å². The van der Waals surface area contributed by atoms with Crippen molar-refractivity contribution in [3.63, 3.8) is 0 Å². The third-order valence-corrected chi connectivity index (χ3v) is 10.0. The standard InChI is InChI=1S/C35H35FN4O6S/c36-32-18-10-7-13-27(32)24-38(33(23-26-11-3-1-4-12-26)35(42)37-28-14-8-9-15-28)34(41)25-39(29-19-21-30(22-20-29)40(43)44)47(45,46)31-16-5-2-6-17-31/h1-7,10-13,16-22,28,33H,8-9,14-15,23-25H2,(H,37,42)/t33-/m1/s1. The number of nitrogens with zero attached hydrogens (tertiary/aromatic N) is 3. The van der Waals surface area contributed by atoms with E-state index in [0.29, 0.717) is 0 Å². The number of rotatable bonds is 13. The first-order valence-electron chi connectivity index (χ1n) is 15.3. The molecule has 47 heavy (non-hydrogen) atoms. The van der Waals surface area contributed by atoms with E-state index in [1.165, 1.54) is 59.5 Å². The monoisotopic (exact) mass is 658 g/mol. The van der Waals surface area contributed by atoms with E-state index in [9.17, 15) is 28.1 Å². The van der Waals surface area contributed by atoms with Crippen LogP contribution < -0.4 is 9.62 Å². The zero-order valence-corrected chi connectivity index (χ0v) is 26.4. The van der Waals surface area contributed by atoms with Crippen LogP contribution in [-0.4, -0.2) is 48.7 Å². The van der Waals surface area contributed by atoms with Crippen molar-refractivity contribution >= 4 is 33.2 Å². The summed E-state index contributed by atoms with van der Waals surface area (Å²) < 4.78 is 44.0. The van der Waals surface area contributed by atoms with Gasteiger partial charge in [0.25, 0.3) is 15.7 Å². The number of amides is 2. The summed E-state index contributed by atoms with van der Waals surface area (Å²) in [7, 11) is -4.38. The van der Waals surface area contributed by atoms with E-state index in [-0.39, 0.29) is 40.8 Å². The predicted molar refractivity (Wildman–Crippen MR) is 175 cm³/mol. The molecule has 244 valence electrons. The number of benzene rings is 4. The van der Waals surface area contributed by atoms with Gasteiger partial charge in [0.15, 0.2) is 0 Å². The van der Waals surface area contributed by atoms with Crippen LogP contribution in [0.3, 0.4) is 0 Å². The number of halogens is 1. The highest BCUT2D eigenvalue weighted by atomic mass is 32.2. The Morgan fingerprint density at radius 3 is 2.09 bits per heavy atom. The summed E-state index contributed by atoms with van der Waals surface area (Å²) in [5.41, 5.74) is 0.661. The van der Waals surface area contributed by atoms with Gasteiger partial charge in [-0.15, -0.1) is 0 Å². The number of sulfonamides is 1. The molecule has 10 nitrogen and oxygen atoms in total. The number of nitro groups is 1. The van der Waals surface area contributed by atoms with Crippen molar-refractivity contribution in [1.29, 1.82) is 0 Å². The second kappa shape index (κ2) is 15.0. The number of nitro benzene ring substituents is 1. The quantitative estimate of drug-likeness (QED) is 0.147. The molecule has 5 rings (SSSR count). The fourth-order valence-electron chi connectivity index (χ4n) is 5.72. The van der Waals surface area contributed by atoms with Crippen molar-refractivity contribution in [1.82, 2.24) is 10.2 Å². The Kier molecular flexibility index (Phi) is 10.6. The molecule has 0 aromatic heterocycles. The molecule has 1 saturated carbocycles. The minimum Gasteiger partial charge on any atom is -0.352 e. The summed E-state index contributed by atoms with van der Waals surface area (Å²) >= 11 is 0. The topological polar surface area (TPSA) is 130 Å². The fourth-order valence-corrected chi connectivity index (χ4v) is 7.16. The molecule has 0 spiro atoms. The Bertz CT molecular complexity index is 1800. The van der Waals surface area contributed by atoms with E-state index >= 15 is 4.39 Å². The van der Waals surface area contributed by atoms with Gasteiger partial charge in [0.1, 0.15) is 18.4 Å². The summed E-state index contributed by atoms with van der Waals surface area (Å²) in [4.78, 5) is 40.3. The smallest absolute Gasteiger partial charge is 0.269 e. The first-order valence-corrected chi connectivity index (χ1v) is 16.8. The molecule has 1 fully saturated rings. The highest BCUT2D eigenvalue weighted by molar-refractivity contribution is 7.92. The van der Waals surface area contributed by atoms with E-state index in [2.05, 4.69) is 5.32 Å². The fraction of sp³-hybridized carbons (Fsp3) is 0.257. The van der Waals surface area contributed by atoms with Gasteiger partial charge >= 0.3 is 0 Å². The van der Waals surface area contributed by atoms with E-state index < -0.39 is 45.2 Å². The Hall–Kier alpha value is -5.10. The third kappa shape index (κ3) is 8.20. The van der Waals surface area contributed by atoms with Crippen molar-refractivity contribution in [3.05, 3.63) is 136 Å². The van der Waals surface area contributed by atoms with E-state index in [4.69, 9.17) is 0 Å². The van der Waals surface area contributed by atoms with Crippen LogP contribution in [0.4, 0.5) is 15.8 Å². The molecule has 4 aromatic rings. The lowest BCUT2D eigenvalue weighted by Gasteiger charge is -2.34. The second-order valence-corrected chi connectivity index (χ2v) is 13.3. The normalized spacial score (nSPS) is 13.9. The third-order valence-electron chi connectivity index (χ3n) is 8.23. The van der Waals surface area contributed by atoms with E-state index in [1.54, 1.807) is 12.1 Å². The Morgan fingerprint density at radius 1 is 0.872 bits per heavy atom. The number of non-ortho nitro benzene ring substituents is 1. The SMILES string of the molecule is O=C(NC1CCCC1)[C@@H](Cc1ccccc1)N(Cc1ccccc1F)C(=O)CN(c1ccc([N+](=O)[O-])cc1)S(=O)(=O)c1ccccc1. The van der Waals surface area contributed by atoms with E-state index in [1.807, 2.05) is 30.3 Å². The highest BCUT2D eigenvalue weighted by Crippen LogP contribution is 2.27. The minimum atomic E-state index is -4.38. The van der Waals surface area contributed by atoms with Gasteiger partial charge < -0.3 is 10.2 Å². The summed E-state index contributed by atoms with van der Waals surface area (Å²) in [5.74, 6) is -1.75. The molecule has 1 N–H and O–H groups in total. The lowest BCUT2D eigenvalue weighted by Crippen LogP contribution is -2.54. The lowest BCUT2D eigenvalue weighted by atomic mass is 10.0. The average Bonchev–Trinajstić information content (AvgIpc) is 3.60. The molecule has 0 heterocycles. The number of anilines is 1. The van der Waals surface area contributed by atoms with Crippen molar-refractivity contribution < 1.29 is 27.3 Å². The molecule has 1 atom stereocenters. The Balaban J connectivity index is 1.57. The molecule has 0 bridgehead atoms. The number of hydrogen-bond acceptors (Lipinski definition) is 6. The van der Waals surface area contributed by atoms with Gasteiger partial charge in [-0.25, -0.2) is 12.8 Å². The summed E-state index contributed by atoms with van der Waals surface area (Å²) in [5, 5.41) is 14.4. The molecule has 12 heteroatoms. The number of hydrogen-bond donors (Lipinski definition) is 1. The maximum Gasteiger partial charge on any atom is 0.269 e. The first-order chi connectivity index (χ1) is 22.6. The Labute approximate surface area is 273 Å². The molecule has 4 aromatic carbocycles. The maximum atomic E-state index is 15.1. The molecule has 1 aliphatic carbocycles. The minimum absolute atomic E-state index is 0.00802. The Morgan fingerprint density at radius 2 is 1.47 bits per heavy atom. The zero-order valence-electron chi connectivity index (χ0n) is 25.6. The van der Waals surface area contributed by atoms with Gasteiger partial charge in [0.2, 0.25) is 11.8 Å². The summed E-state index contributed by atoms with van der Waals surface area (Å²) in [6.45, 7) is -1.06. The van der Waals surface area contributed by atoms with Gasteiger partial charge in [-0.3, -0.25) is 24.0 Å². The second-order valence-electron chi connectivity index (χ2n) is 11.4. The van der Waals surface area contributed by atoms with Gasteiger partial charge in [-0.2, -0.15) is 0 Å². The molecule has 0 aliphatic heterocycles. The van der Waals surface area contributed by atoms with Crippen LogP contribution in [0.1, 0.15) is 36.8 Å². The molecular weight excluding hydrogens is 623 g/mol. The van der Waals surface area contributed by atoms with Crippen molar-refractivity contribution in [2.75, 3.05) is 10.8 Å². The average molecular weight is 659 g/mol. The van der Waals surface area contributed by atoms with Crippen LogP contribution in [0.25, 0.3) is 0 Å². The number of carbonyl (C=O) groups excluding carboxylic acids is 2. The van der Waals surface area contributed by atoms with Crippen molar-refractivity contribution in [3.8, 4) is 0 Å². The van der Waals surface area contributed by atoms with Crippen LogP contribution in [0.5, 0.6) is 0 Å². The number of nitrogens with one attached hydrogen (secondary N) is 1. The van der Waals surface area contributed by atoms with Gasteiger partial charge in [-0.1, -0.05) is 79.6 Å².